The maximum Gasteiger partial charge on any atom is 0.302 e. The van der Waals surface area contributed by atoms with Crippen LogP contribution in [0, 0.1) is 17.3 Å². The molecule has 0 aromatic heterocycles. The van der Waals surface area contributed by atoms with Crippen molar-refractivity contribution in [1.29, 1.82) is 0 Å². The van der Waals surface area contributed by atoms with E-state index >= 15 is 0 Å². The average molecular weight is 515 g/mol. The Hall–Kier alpha value is -1.79. The summed E-state index contributed by atoms with van der Waals surface area (Å²) in [4.78, 5) is 26.7. The van der Waals surface area contributed by atoms with Crippen molar-refractivity contribution in [3.63, 3.8) is 0 Å². The van der Waals surface area contributed by atoms with Crippen molar-refractivity contribution in [1.82, 2.24) is 0 Å². The SMILES string of the molecule is CC(=O)O[C@H]1CC[C@H]2[C@@H]3[C@H](Sc4ccc(Br)cc4)C(=O)c4cc(O)ccc4[C@H]3CC[C@]12C. The van der Waals surface area contributed by atoms with E-state index in [0.717, 1.165) is 40.6 Å². The van der Waals surface area contributed by atoms with Crippen LogP contribution < -0.4 is 0 Å². The molecule has 2 aromatic carbocycles. The lowest BCUT2D eigenvalue weighted by Crippen LogP contribution is -2.50. The van der Waals surface area contributed by atoms with Crippen molar-refractivity contribution >= 4 is 39.4 Å². The van der Waals surface area contributed by atoms with E-state index < -0.39 is 0 Å². The molecular formula is C26H27BrO4S. The molecule has 0 radical (unpaired) electrons. The number of aromatic hydroxyl groups is 1. The normalized spacial score (nSPS) is 33.2. The van der Waals surface area contributed by atoms with Crippen molar-refractivity contribution in [2.24, 2.45) is 17.3 Å². The Balaban J connectivity index is 1.57. The Morgan fingerprint density at radius 1 is 1.16 bits per heavy atom. The number of phenols is 1. The molecule has 2 saturated carbocycles. The van der Waals surface area contributed by atoms with E-state index in [1.54, 1.807) is 23.9 Å². The number of thioether (sulfide) groups is 1. The first kappa shape index (κ1) is 22.0. The standard InChI is InChI=1S/C26H27BrO4S/c1-14(28)31-22-10-9-21-23-19(11-12-26(21,22)2)18-8-5-16(29)13-20(18)24(30)25(23)32-17-6-3-15(27)4-7-17/h3-8,13,19,21-23,25,29H,9-12H2,1-2H3/t19-,21+,22+,23-,25+,26+/m1/s1. The molecule has 2 aromatic rings. The zero-order chi connectivity index (χ0) is 22.6. The van der Waals surface area contributed by atoms with Gasteiger partial charge in [-0.15, -0.1) is 11.8 Å². The lowest BCUT2D eigenvalue weighted by molar-refractivity contribution is -0.154. The number of phenolic OH excluding ortho intramolecular Hbond substituents is 1. The summed E-state index contributed by atoms with van der Waals surface area (Å²) in [5.74, 6) is 0.771. The molecule has 32 heavy (non-hydrogen) atoms. The van der Waals surface area contributed by atoms with Gasteiger partial charge in [-0.25, -0.2) is 0 Å². The van der Waals surface area contributed by atoms with E-state index in [-0.39, 0.29) is 46.1 Å². The number of ether oxygens (including phenoxy) is 1. The van der Waals surface area contributed by atoms with Gasteiger partial charge in [-0.05, 0) is 85.4 Å². The van der Waals surface area contributed by atoms with Crippen molar-refractivity contribution in [2.75, 3.05) is 0 Å². The van der Waals surface area contributed by atoms with Crippen LogP contribution in [0.4, 0.5) is 0 Å². The summed E-state index contributed by atoms with van der Waals surface area (Å²) in [5.41, 5.74) is 1.63. The highest BCUT2D eigenvalue weighted by atomic mass is 79.9. The number of carbonyl (C=O) groups is 2. The third-order valence-corrected chi connectivity index (χ3v) is 9.80. The number of halogens is 1. The molecule has 3 aliphatic carbocycles. The highest BCUT2D eigenvalue weighted by Crippen LogP contribution is 2.63. The zero-order valence-electron chi connectivity index (χ0n) is 18.2. The van der Waals surface area contributed by atoms with Crippen LogP contribution in [0.15, 0.2) is 51.8 Å². The quantitative estimate of drug-likeness (QED) is 0.483. The van der Waals surface area contributed by atoms with Crippen LogP contribution in [0.5, 0.6) is 5.75 Å². The van der Waals surface area contributed by atoms with Crippen molar-refractivity contribution in [2.45, 2.75) is 61.7 Å². The minimum atomic E-state index is -0.226. The summed E-state index contributed by atoms with van der Waals surface area (Å²) in [5, 5.41) is 9.88. The van der Waals surface area contributed by atoms with Crippen molar-refractivity contribution in [3.8, 4) is 5.75 Å². The first-order chi connectivity index (χ1) is 15.3. The first-order valence-electron chi connectivity index (χ1n) is 11.2. The van der Waals surface area contributed by atoms with Gasteiger partial charge in [0.25, 0.3) is 0 Å². The Morgan fingerprint density at radius 2 is 1.91 bits per heavy atom. The second-order valence-electron chi connectivity index (χ2n) is 9.64. The minimum absolute atomic E-state index is 0.0828. The number of rotatable bonds is 3. The zero-order valence-corrected chi connectivity index (χ0v) is 20.6. The highest BCUT2D eigenvalue weighted by Gasteiger charge is 2.59. The van der Waals surface area contributed by atoms with Gasteiger partial charge in [0.2, 0.25) is 0 Å². The van der Waals surface area contributed by atoms with Gasteiger partial charge >= 0.3 is 5.97 Å². The van der Waals surface area contributed by atoms with Gasteiger partial charge in [-0.1, -0.05) is 28.9 Å². The molecule has 1 N–H and O–H groups in total. The Kier molecular flexibility index (Phi) is 5.65. The largest absolute Gasteiger partial charge is 0.508 e. The molecule has 5 rings (SSSR count). The minimum Gasteiger partial charge on any atom is -0.508 e. The van der Waals surface area contributed by atoms with Crippen LogP contribution in [-0.4, -0.2) is 28.2 Å². The molecular weight excluding hydrogens is 488 g/mol. The van der Waals surface area contributed by atoms with Gasteiger partial charge in [0.05, 0.1) is 5.25 Å². The third kappa shape index (κ3) is 3.60. The molecule has 3 aliphatic rings. The average Bonchev–Trinajstić information content (AvgIpc) is 3.08. The summed E-state index contributed by atoms with van der Waals surface area (Å²) in [6, 6.07) is 13.4. The van der Waals surface area contributed by atoms with E-state index in [0.29, 0.717) is 11.5 Å². The number of carbonyl (C=O) groups excluding carboxylic acids is 2. The second-order valence-corrected chi connectivity index (χ2v) is 11.8. The third-order valence-electron chi connectivity index (χ3n) is 7.94. The fourth-order valence-electron chi connectivity index (χ4n) is 6.53. The monoisotopic (exact) mass is 514 g/mol. The molecule has 6 heteroatoms. The van der Waals surface area contributed by atoms with Crippen molar-refractivity contribution in [3.05, 3.63) is 58.1 Å². The van der Waals surface area contributed by atoms with Crippen LogP contribution in [0.2, 0.25) is 0 Å². The lowest BCUT2D eigenvalue weighted by atomic mass is 9.55. The van der Waals surface area contributed by atoms with Crippen LogP contribution in [0.25, 0.3) is 0 Å². The fraction of sp³-hybridized carbons (Fsp3) is 0.462. The van der Waals surface area contributed by atoms with Crippen LogP contribution >= 0.6 is 27.7 Å². The maximum atomic E-state index is 13.8. The molecule has 0 unspecified atom stereocenters. The molecule has 0 amide bonds. The Labute approximate surface area is 201 Å². The molecule has 0 bridgehead atoms. The molecule has 0 heterocycles. The number of ketones is 1. The summed E-state index contributed by atoms with van der Waals surface area (Å²) in [7, 11) is 0. The van der Waals surface area contributed by atoms with Gasteiger partial charge in [0, 0.05) is 27.3 Å². The molecule has 0 saturated heterocycles. The Bertz CT molecular complexity index is 1070. The molecule has 168 valence electrons. The van der Waals surface area contributed by atoms with E-state index in [4.69, 9.17) is 4.74 Å². The van der Waals surface area contributed by atoms with Gasteiger partial charge in [-0.3, -0.25) is 9.59 Å². The predicted molar refractivity (Wildman–Crippen MR) is 128 cm³/mol. The fourth-order valence-corrected chi connectivity index (χ4v) is 8.15. The topological polar surface area (TPSA) is 63.6 Å². The second kappa shape index (κ2) is 8.21. The maximum absolute atomic E-state index is 13.8. The number of Topliss-reactive ketones (excluding diaryl/α,β-unsaturated/α-hetero) is 1. The first-order valence-corrected chi connectivity index (χ1v) is 12.9. The summed E-state index contributed by atoms with van der Waals surface area (Å²) in [6.07, 6.45) is 3.67. The number of fused-ring (bicyclic) bond motifs is 5. The molecule has 4 nitrogen and oxygen atoms in total. The van der Waals surface area contributed by atoms with Crippen LogP contribution in [0.3, 0.4) is 0 Å². The van der Waals surface area contributed by atoms with E-state index in [9.17, 15) is 14.7 Å². The molecule has 0 aliphatic heterocycles. The van der Waals surface area contributed by atoms with Crippen LogP contribution in [-0.2, 0) is 9.53 Å². The van der Waals surface area contributed by atoms with Gasteiger partial charge in [0.15, 0.2) is 5.78 Å². The summed E-state index contributed by atoms with van der Waals surface area (Å²) < 4.78 is 6.78. The summed E-state index contributed by atoms with van der Waals surface area (Å²) >= 11 is 5.13. The molecule has 6 atom stereocenters. The number of esters is 1. The Morgan fingerprint density at radius 3 is 2.62 bits per heavy atom. The molecule has 2 fully saturated rings. The number of hydrogen-bond donors (Lipinski definition) is 1. The smallest absolute Gasteiger partial charge is 0.302 e. The molecule has 0 spiro atoms. The summed E-state index contributed by atoms with van der Waals surface area (Å²) in [6.45, 7) is 3.74. The van der Waals surface area contributed by atoms with E-state index in [1.165, 1.54) is 6.92 Å². The van der Waals surface area contributed by atoms with Gasteiger partial charge in [-0.2, -0.15) is 0 Å². The lowest BCUT2D eigenvalue weighted by Gasteiger charge is -2.52. The number of benzene rings is 2. The number of hydrogen-bond acceptors (Lipinski definition) is 5. The van der Waals surface area contributed by atoms with Crippen molar-refractivity contribution < 1.29 is 19.4 Å². The predicted octanol–water partition coefficient (Wildman–Crippen LogP) is 6.35. The van der Waals surface area contributed by atoms with Crippen LogP contribution in [0.1, 0.15) is 61.4 Å². The van der Waals surface area contributed by atoms with E-state index in [2.05, 4.69) is 22.9 Å². The van der Waals surface area contributed by atoms with Gasteiger partial charge < -0.3 is 9.84 Å². The highest BCUT2D eigenvalue weighted by molar-refractivity contribution is 9.10. The van der Waals surface area contributed by atoms with E-state index in [1.807, 2.05) is 30.3 Å². The van der Waals surface area contributed by atoms with Gasteiger partial charge in [0.1, 0.15) is 11.9 Å².